The van der Waals surface area contributed by atoms with E-state index >= 15 is 0 Å². The van der Waals surface area contributed by atoms with Crippen LogP contribution in [-0.2, 0) is 16.0 Å². The first-order valence-electron chi connectivity index (χ1n) is 7.69. The molecule has 1 saturated carbocycles. The largest absolute Gasteiger partial charge is 0.496 e. The molecule has 2 fully saturated rings. The second-order valence-electron chi connectivity index (χ2n) is 6.15. The van der Waals surface area contributed by atoms with Crippen molar-refractivity contribution >= 4 is 5.91 Å². The summed E-state index contributed by atoms with van der Waals surface area (Å²) in [7, 11) is 3.56. The molecule has 1 saturated heterocycles. The molecule has 21 heavy (non-hydrogen) atoms. The molecule has 1 unspecified atom stereocenters. The van der Waals surface area contributed by atoms with Crippen molar-refractivity contribution in [1.82, 2.24) is 4.90 Å². The Hall–Kier alpha value is -1.55. The topological polar surface area (TPSA) is 38.8 Å². The number of carbonyl (C=O) groups is 1. The van der Waals surface area contributed by atoms with Crippen LogP contribution in [-0.4, -0.2) is 38.1 Å². The van der Waals surface area contributed by atoms with Gasteiger partial charge in [0.2, 0.25) is 5.91 Å². The van der Waals surface area contributed by atoms with Gasteiger partial charge in [0.05, 0.1) is 13.7 Å². The van der Waals surface area contributed by atoms with Crippen molar-refractivity contribution in [2.45, 2.75) is 31.8 Å². The minimum Gasteiger partial charge on any atom is -0.496 e. The molecule has 1 heterocycles. The molecule has 1 aliphatic heterocycles. The van der Waals surface area contributed by atoms with Crippen molar-refractivity contribution in [1.29, 1.82) is 0 Å². The number of morpholine rings is 1. The number of hydrogen-bond donors (Lipinski definition) is 0. The van der Waals surface area contributed by atoms with Gasteiger partial charge in [-0.15, -0.1) is 0 Å². The molecule has 1 aliphatic carbocycles. The highest BCUT2D eigenvalue weighted by Crippen LogP contribution is 2.34. The van der Waals surface area contributed by atoms with Crippen LogP contribution < -0.4 is 4.74 Å². The van der Waals surface area contributed by atoms with E-state index in [2.05, 4.69) is 12.1 Å². The molecule has 1 amide bonds. The minimum absolute atomic E-state index is 0.0289. The lowest BCUT2D eigenvalue weighted by molar-refractivity contribution is -0.147. The SMILES string of the molecule is COc1ccc(C2CN(C)C(=O)CO2)cc1CC1CCC1. The Morgan fingerprint density at radius 3 is 2.81 bits per heavy atom. The summed E-state index contributed by atoms with van der Waals surface area (Å²) in [4.78, 5) is 13.3. The molecular formula is C17H23NO3. The van der Waals surface area contributed by atoms with Crippen molar-refractivity contribution in [2.75, 3.05) is 27.3 Å². The summed E-state index contributed by atoms with van der Waals surface area (Å²) in [5, 5.41) is 0. The quantitative estimate of drug-likeness (QED) is 0.855. The van der Waals surface area contributed by atoms with E-state index in [1.54, 1.807) is 12.0 Å². The molecule has 0 N–H and O–H groups in total. The van der Waals surface area contributed by atoms with Crippen molar-refractivity contribution in [3.8, 4) is 5.75 Å². The van der Waals surface area contributed by atoms with Crippen molar-refractivity contribution < 1.29 is 14.3 Å². The number of likely N-dealkylation sites (N-methyl/N-ethyl adjacent to an activating group) is 1. The van der Waals surface area contributed by atoms with Gasteiger partial charge in [0.15, 0.2) is 0 Å². The van der Waals surface area contributed by atoms with Crippen molar-refractivity contribution in [3.63, 3.8) is 0 Å². The molecule has 0 radical (unpaired) electrons. The Morgan fingerprint density at radius 2 is 2.19 bits per heavy atom. The van der Waals surface area contributed by atoms with Crippen LogP contribution in [0.2, 0.25) is 0 Å². The van der Waals surface area contributed by atoms with Gasteiger partial charge in [-0.1, -0.05) is 25.3 Å². The Balaban J connectivity index is 1.78. The second kappa shape index (κ2) is 6.06. The third-order valence-electron chi connectivity index (χ3n) is 4.68. The number of carbonyl (C=O) groups excluding carboxylic acids is 1. The number of hydrogen-bond acceptors (Lipinski definition) is 3. The van der Waals surface area contributed by atoms with Crippen LogP contribution in [0.15, 0.2) is 18.2 Å². The standard InChI is InChI=1S/C17H23NO3/c1-18-10-16(21-11-17(18)19)13-6-7-15(20-2)14(9-13)8-12-4-3-5-12/h6-7,9,12,16H,3-5,8,10-11H2,1-2H3. The number of nitrogens with zero attached hydrogens (tertiary/aromatic N) is 1. The van der Waals surface area contributed by atoms with Gasteiger partial charge in [0.1, 0.15) is 18.5 Å². The molecule has 0 aromatic heterocycles. The van der Waals surface area contributed by atoms with Crippen LogP contribution in [0.25, 0.3) is 0 Å². The van der Waals surface area contributed by atoms with Crippen LogP contribution in [0.5, 0.6) is 5.75 Å². The van der Waals surface area contributed by atoms with Crippen LogP contribution in [0.3, 0.4) is 0 Å². The Kier molecular flexibility index (Phi) is 4.15. The van der Waals surface area contributed by atoms with E-state index in [9.17, 15) is 4.79 Å². The Bertz CT molecular complexity index is 525. The van der Waals surface area contributed by atoms with Crippen LogP contribution >= 0.6 is 0 Å². The molecule has 1 atom stereocenters. The molecule has 0 bridgehead atoms. The monoisotopic (exact) mass is 289 g/mol. The summed E-state index contributed by atoms with van der Waals surface area (Å²) in [6, 6.07) is 6.28. The first-order valence-corrected chi connectivity index (χ1v) is 7.69. The van der Waals surface area contributed by atoms with Crippen LogP contribution in [0.1, 0.15) is 36.5 Å². The van der Waals surface area contributed by atoms with E-state index < -0.39 is 0 Å². The molecule has 4 heteroatoms. The summed E-state index contributed by atoms with van der Waals surface area (Å²) in [5.74, 6) is 1.81. The van der Waals surface area contributed by atoms with Gasteiger partial charge in [-0.05, 0) is 35.6 Å². The molecule has 1 aromatic carbocycles. The summed E-state index contributed by atoms with van der Waals surface area (Å²) in [5.41, 5.74) is 2.41. The fourth-order valence-electron chi connectivity index (χ4n) is 3.05. The second-order valence-corrected chi connectivity index (χ2v) is 6.15. The lowest BCUT2D eigenvalue weighted by atomic mass is 9.80. The maximum Gasteiger partial charge on any atom is 0.248 e. The summed E-state index contributed by atoms with van der Waals surface area (Å²) < 4.78 is 11.2. The van der Waals surface area contributed by atoms with Crippen molar-refractivity contribution in [2.24, 2.45) is 5.92 Å². The normalized spacial score (nSPS) is 23.0. The molecule has 0 spiro atoms. The Labute approximate surface area is 126 Å². The van der Waals surface area contributed by atoms with Crippen LogP contribution in [0, 0.1) is 5.92 Å². The lowest BCUT2D eigenvalue weighted by Gasteiger charge is -2.31. The van der Waals surface area contributed by atoms with Crippen molar-refractivity contribution in [3.05, 3.63) is 29.3 Å². The Morgan fingerprint density at radius 1 is 1.38 bits per heavy atom. The highest BCUT2D eigenvalue weighted by molar-refractivity contribution is 5.77. The number of rotatable bonds is 4. The number of methoxy groups -OCH3 is 1. The van der Waals surface area contributed by atoms with E-state index in [0.717, 1.165) is 23.7 Å². The van der Waals surface area contributed by atoms with Gasteiger partial charge >= 0.3 is 0 Å². The number of benzene rings is 1. The number of ether oxygens (including phenoxy) is 2. The lowest BCUT2D eigenvalue weighted by Crippen LogP contribution is -2.40. The average Bonchev–Trinajstić information content (AvgIpc) is 2.45. The third-order valence-corrected chi connectivity index (χ3v) is 4.68. The third kappa shape index (κ3) is 3.05. The fraction of sp³-hybridized carbons (Fsp3) is 0.588. The summed E-state index contributed by atoms with van der Waals surface area (Å²) >= 11 is 0. The average molecular weight is 289 g/mol. The molecule has 2 aliphatic rings. The fourth-order valence-corrected chi connectivity index (χ4v) is 3.05. The minimum atomic E-state index is -0.0289. The maximum atomic E-state index is 11.5. The van der Waals surface area contributed by atoms with E-state index in [1.165, 1.54) is 24.8 Å². The first kappa shape index (κ1) is 14.4. The zero-order valence-electron chi connectivity index (χ0n) is 12.8. The highest BCUT2D eigenvalue weighted by atomic mass is 16.5. The smallest absolute Gasteiger partial charge is 0.248 e. The molecule has 3 rings (SSSR count). The predicted octanol–water partition coefficient (Wildman–Crippen LogP) is 2.57. The molecule has 4 nitrogen and oxygen atoms in total. The molecular weight excluding hydrogens is 266 g/mol. The van der Waals surface area contributed by atoms with Gasteiger partial charge in [-0.2, -0.15) is 0 Å². The molecule has 114 valence electrons. The predicted molar refractivity (Wildman–Crippen MR) is 80.4 cm³/mol. The van der Waals surface area contributed by atoms with Gasteiger partial charge in [0.25, 0.3) is 0 Å². The van der Waals surface area contributed by atoms with E-state index in [0.29, 0.717) is 6.54 Å². The zero-order chi connectivity index (χ0) is 14.8. The summed E-state index contributed by atoms with van der Waals surface area (Å²) in [6.45, 7) is 0.791. The first-order chi connectivity index (χ1) is 10.2. The number of amides is 1. The zero-order valence-corrected chi connectivity index (χ0v) is 12.8. The van der Waals surface area contributed by atoms with E-state index in [-0.39, 0.29) is 18.6 Å². The molecule has 1 aromatic rings. The van der Waals surface area contributed by atoms with Crippen LogP contribution in [0.4, 0.5) is 0 Å². The van der Waals surface area contributed by atoms with E-state index in [4.69, 9.17) is 9.47 Å². The van der Waals surface area contributed by atoms with Gasteiger partial charge in [-0.3, -0.25) is 4.79 Å². The highest BCUT2D eigenvalue weighted by Gasteiger charge is 2.26. The van der Waals surface area contributed by atoms with Gasteiger partial charge in [0, 0.05) is 7.05 Å². The van der Waals surface area contributed by atoms with Gasteiger partial charge < -0.3 is 14.4 Å². The maximum absolute atomic E-state index is 11.5. The van der Waals surface area contributed by atoms with E-state index in [1.807, 2.05) is 13.1 Å². The summed E-state index contributed by atoms with van der Waals surface area (Å²) in [6.07, 6.45) is 5.05. The van der Waals surface area contributed by atoms with Gasteiger partial charge in [-0.25, -0.2) is 0 Å².